The van der Waals surface area contributed by atoms with Gasteiger partial charge in [0.2, 0.25) is 11.8 Å². The lowest BCUT2D eigenvalue weighted by Gasteiger charge is -2.35. The maximum Gasteiger partial charge on any atom is 0.410 e. The van der Waals surface area contributed by atoms with Gasteiger partial charge >= 0.3 is 12.1 Å². The number of ether oxygens (including phenoxy) is 1. The van der Waals surface area contributed by atoms with Crippen molar-refractivity contribution in [2.24, 2.45) is 11.8 Å². The lowest BCUT2D eigenvalue weighted by molar-refractivity contribution is -0.137. The van der Waals surface area contributed by atoms with Crippen molar-refractivity contribution in [2.45, 2.75) is 45.1 Å². The predicted molar refractivity (Wildman–Crippen MR) is 141 cm³/mol. The highest BCUT2D eigenvalue weighted by atomic mass is 16.6. The number of likely N-dealkylation sites (tertiary alicyclic amines) is 1. The summed E-state index contributed by atoms with van der Waals surface area (Å²) in [6, 6.07) is 17.2. The van der Waals surface area contributed by atoms with E-state index in [1.807, 2.05) is 54.6 Å². The first-order valence-corrected chi connectivity index (χ1v) is 13.2. The highest BCUT2D eigenvalue weighted by Gasteiger charge is 2.32. The molecule has 1 atom stereocenters. The van der Waals surface area contributed by atoms with Crippen molar-refractivity contribution in [3.8, 4) is 0 Å². The Morgan fingerprint density at radius 2 is 1.66 bits per heavy atom. The lowest BCUT2D eigenvalue weighted by atomic mass is 9.90. The van der Waals surface area contributed by atoms with E-state index in [-0.39, 0.29) is 44.0 Å². The summed E-state index contributed by atoms with van der Waals surface area (Å²) in [6.07, 6.45) is 2.79. The summed E-state index contributed by atoms with van der Waals surface area (Å²) < 4.78 is 5.44. The van der Waals surface area contributed by atoms with Gasteiger partial charge in [0.05, 0.1) is 12.3 Å². The van der Waals surface area contributed by atoms with Gasteiger partial charge in [0, 0.05) is 38.3 Å². The molecule has 202 valence electrons. The lowest BCUT2D eigenvalue weighted by Crippen LogP contribution is -2.46. The molecule has 0 radical (unpaired) electrons. The van der Waals surface area contributed by atoms with Crippen LogP contribution in [0.1, 0.15) is 43.2 Å². The molecule has 1 unspecified atom stereocenters. The maximum atomic E-state index is 13.3. The van der Waals surface area contributed by atoms with Gasteiger partial charge in [-0.05, 0) is 48.8 Å². The van der Waals surface area contributed by atoms with Crippen molar-refractivity contribution in [1.82, 2.24) is 10.2 Å². The summed E-state index contributed by atoms with van der Waals surface area (Å²) in [5.74, 6) is -1.30. The van der Waals surface area contributed by atoms with E-state index in [4.69, 9.17) is 9.84 Å². The molecule has 2 heterocycles. The fourth-order valence-corrected chi connectivity index (χ4v) is 5.12. The van der Waals surface area contributed by atoms with Crippen molar-refractivity contribution in [3.63, 3.8) is 0 Å². The number of aliphatic carboxylic acids is 1. The number of anilines is 1. The number of benzene rings is 2. The van der Waals surface area contributed by atoms with Crippen LogP contribution in [0.15, 0.2) is 54.6 Å². The van der Waals surface area contributed by atoms with Gasteiger partial charge in [0.25, 0.3) is 0 Å². The molecule has 0 aliphatic carbocycles. The number of rotatable bonds is 9. The van der Waals surface area contributed by atoms with Gasteiger partial charge in [-0.3, -0.25) is 14.4 Å². The Morgan fingerprint density at radius 3 is 2.39 bits per heavy atom. The van der Waals surface area contributed by atoms with Gasteiger partial charge in [-0.25, -0.2) is 4.79 Å². The summed E-state index contributed by atoms with van der Waals surface area (Å²) in [5, 5.41) is 11.5. The molecule has 2 aliphatic heterocycles. The minimum Gasteiger partial charge on any atom is -0.481 e. The van der Waals surface area contributed by atoms with Crippen LogP contribution in [0.4, 0.5) is 10.5 Å². The number of carbonyl (C=O) groups is 4. The topological polar surface area (TPSA) is 116 Å². The number of amides is 3. The normalized spacial score (nSPS) is 17.4. The standard InChI is InChI=1S/C29H35N3O6/c33-26(11-10-21-13-16-31(17-14-21)29(37)38-20-22-6-2-1-3-7-22)32-19-24(28(36)30-15-12-27(34)35)18-23-8-4-5-9-25(23)32/h1-9,21,24H,10-20H2,(H,30,36)(H,34,35). The van der Waals surface area contributed by atoms with Crippen LogP contribution in [0.5, 0.6) is 0 Å². The van der Waals surface area contributed by atoms with E-state index in [9.17, 15) is 19.2 Å². The number of carboxylic acid groups (broad SMARTS) is 1. The smallest absolute Gasteiger partial charge is 0.410 e. The molecule has 2 N–H and O–H groups in total. The zero-order valence-corrected chi connectivity index (χ0v) is 21.5. The van der Waals surface area contributed by atoms with Crippen LogP contribution in [0.3, 0.4) is 0 Å². The van der Waals surface area contributed by atoms with E-state index in [2.05, 4.69) is 5.32 Å². The number of hydrogen-bond donors (Lipinski definition) is 2. The van der Waals surface area contributed by atoms with Crippen LogP contribution in [-0.2, 0) is 32.1 Å². The Bertz CT molecular complexity index is 1130. The molecule has 0 aromatic heterocycles. The molecule has 0 spiro atoms. The molecule has 38 heavy (non-hydrogen) atoms. The van der Waals surface area contributed by atoms with E-state index >= 15 is 0 Å². The quantitative estimate of drug-likeness (QED) is 0.521. The van der Waals surface area contributed by atoms with Gasteiger partial charge in [0.1, 0.15) is 6.61 Å². The zero-order valence-electron chi connectivity index (χ0n) is 21.5. The van der Waals surface area contributed by atoms with E-state index in [1.165, 1.54) is 0 Å². The molecule has 9 nitrogen and oxygen atoms in total. The number of carbonyl (C=O) groups excluding carboxylic acids is 3. The SMILES string of the molecule is O=C(O)CCNC(=O)C1Cc2ccccc2N(C(=O)CCC2CCN(C(=O)OCc3ccccc3)CC2)C1. The number of carboxylic acids is 1. The van der Waals surface area contributed by atoms with Gasteiger partial charge in [-0.2, -0.15) is 0 Å². The average Bonchev–Trinajstić information content (AvgIpc) is 2.94. The number of nitrogens with zero attached hydrogens (tertiary/aromatic N) is 2. The number of piperidine rings is 1. The third-order valence-corrected chi connectivity index (χ3v) is 7.31. The molecular formula is C29H35N3O6. The Morgan fingerprint density at radius 1 is 0.947 bits per heavy atom. The van der Waals surface area contributed by atoms with Crippen molar-refractivity contribution in [1.29, 1.82) is 0 Å². The summed E-state index contributed by atoms with van der Waals surface area (Å²) in [6.45, 7) is 1.82. The summed E-state index contributed by atoms with van der Waals surface area (Å²) in [4.78, 5) is 52.6. The molecule has 0 saturated carbocycles. The van der Waals surface area contributed by atoms with Crippen LogP contribution < -0.4 is 10.2 Å². The number of para-hydroxylation sites is 1. The first-order valence-electron chi connectivity index (χ1n) is 13.2. The summed E-state index contributed by atoms with van der Waals surface area (Å²) in [7, 11) is 0. The Labute approximate surface area is 222 Å². The second-order valence-corrected chi connectivity index (χ2v) is 9.98. The largest absolute Gasteiger partial charge is 0.481 e. The molecular weight excluding hydrogens is 486 g/mol. The van der Waals surface area contributed by atoms with Gasteiger partial charge in [-0.15, -0.1) is 0 Å². The highest BCUT2D eigenvalue weighted by molar-refractivity contribution is 5.96. The average molecular weight is 522 g/mol. The minimum atomic E-state index is -0.967. The van der Waals surface area contributed by atoms with E-state index in [0.29, 0.717) is 31.8 Å². The van der Waals surface area contributed by atoms with Crippen LogP contribution in [-0.4, -0.2) is 60.1 Å². The second-order valence-electron chi connectivity index (χ2n) is 9.98. The molecule has 9 heteroatoms. The number of nitrogens with one attached hydrogen (secondary N) is 1. The fourth-order valence-electron chi connectivity index (χ4n) is 5.12. The Kier molecular flexibility index (Phi) is 9.35. The van der Waals surface area contributed by atoms with Crippen molar-refractivity contribution in [2.75, 3.05) is 31.1 Å². The van der Waals surface area contributed by atoms with Crippen molar-refractivity contribution in [3.05, 3.63) is 65.7 Å². The van der Waals surface area contributed by atoms with Crippen LogP contribution in [0.25, 0.3) is 0 Å². The van der Waals surface area contributed by atoms with Gasteiger partial charge in [-0.1, -0.05) is 48.5 Å². The van der Waals surface area contributed by atoms with E-state index < -0.39 is 11.9 Å². The van der Waals surface area contributed by atoms with Gasteiger partial charge in [0.15, 0.2) is 0 Å². The molecule has 2 aliphatic rings. The fraction of sp³-hybridized carbons (Fsp3) is 0.448. The van der Waals surface area contributed by atoms with E-state index in [0.717, 1.165) is 36.1 Å². The molecule has 1 fully saturated rings. The Hall–Kier alpha value is -3.88. The first kappa shape index (κ1) is 27.2. The molecule has 0 bridgehead atoms. The van der Waals surface area contributed by atoms with Crippen LogP contribution in [0, 0.1) is 11.8 Å². The number of fused-ring (bicyclic) bond motifs is 1. The first-order chi connectivity index (χ1) is 18.4. The molecule has 4 rings (SSSR count). The van der Waals surface area contributed by atoms with Gasteiger partial charge < -0.3 is 25.0 Å². The second kappa shape index (κ2) is 13.1. The Balaban J connectivity index is 1.25. The molecule has 1 saturated heterocycles. The summed E-state index contributed by atoms with van der Waals surface area (Å²) >= 11 is 0. The monoisotopic (exact) mass is 521 g/mol. The zero-order chi connectivity index (χ0) is 26.9. The van der Waals surface area contributed by atoms with Crippen molar-refractivity contribution < 1.29 is 29.0 Å². The molecule has 2 aromatic rings. The maximum absolute atomic E-state index is 13.3. The minimum absolute atomic E-state index is 0.0230. The van der Waals surface area contributed by atoms with E-state index in [1.54, 1.807) is 9.80 Å². The highest BCUT2D eigenvalue weighted by Crippen LogP contribution is 2.31. The molecule has 3 amide bonds. The summed E-state index contributed by atoms with van der Waals surface area (Å²) in [5.41, 5.74) is 2.73. The predicted octanol–water partition coefficient (Wildman–Crippen LogP) is 3.61. The van der Waals surface area contributed by atoms with Crippen LogP contribution >= 0.6 is 0 Å². The van der Waals surface area contributed by atoms with Crippen LogP contribution in [0.2, 0.25) is 0 Å². The molecule has 2 aromatic carbocycles. The third-order valence-electron chi connectivity index (χ3n) is 7.31. The van der Waals surface area contributed by atoms with Crippen molar-refractivity contribution >= 4 is 29.6 Å². The third kappa shape index (κ3) is 7.34. The number of hydrogen-bond acceptors (Lipinski definition) is 5.